The van der Waals surface area contributed by atoms with Crippen molar-refractivity contribution in [3.63, 3.8) is 0 Å². The molecule has 0 N–H and O–H groups in total. The van der Waals surface area contributed by atoms with Crippen molar-refractivity contribution in [2.45, 2.75) is 133 Å². The van der Waals surface area contributed by atoms with Crippen LogP contribution in [-0.2, 0) is 9.53 Å². The van der Waals surface area contributed by atoms with Gasteiger partial charge in [0.05, 0.1) is 0 Å². The molecule has 0 aromatic carbocycles. The Morgan fingerprint density at radius 2 is 1.68 bits per heavy atom. The number of esters is 1. The van der Waals surface area contributed by atoms with Crippen LogP contribution in [0.1, 0.15) is 127 Å². The van der Waals surface area contributed by atoms with E-state index in [2.05, 4.69) is 61.5 Å². The fourth-order valence-corrected chi connectivity index (χ4v) is 10.1. The van der Waals surface area contributed by atoms with Gasteiger partial charge in [0.15, 0.2) is 0 Å². The first-order valence-electron chi connectivity index (χ1n) is 14.6. The van der Waals surface area contributed by atoms with Gasteiger partial charge >= 0.3 is 5.97 Å². The van der Waals surface area contributed by atoms with E-state index in [9.17, 15) is 4.79 Å². The van der Waals surface area contributed by atoms with Crippen LogP contribution < -0.4 is 0 Å². The van der Waals surface area contributed by atoms with Crippen molar-refractivity contribution in [2.24, 2.45) is 51.2 Å². The highest BCUT2D eigenvalue weighted by atomic mass is 16.5. The zero-order valence-corrected chi connectivity index (χ0v) is 23.9. The monoisotopic (exact) mass is 470 g/mol. The lowest BCUT2D eigenvalue weighted by atomic mass is 9.39. The van der Waals surface area contributed by atoms with Gasteiger partial charge in [-0.2, -0.15) is 0 Å². The Bertz CT molecular complexity index is 808. The summed E-state index contributed by atoms with van der Waals surface area (Å²) in [6, 6.07) is 0. The number of carbonyl (C=O) groups is 1. The lowest BCUT2D eigenvalue weighted by Crippen LogP contribution is -2.59. The van der Waals surface area contributed by atoms with E-state index >= 15 is 0 Å². The standard InChI is InChI=1S/C32H54O2/c1-21(2)11-10-12-22(3)24-17-18-32(9)27-15-13-25-26(30(27,7)19-20-31(24,32)8)14-16-28(29(25,5)6)34-23(4)33/h13,21-22,24,26-28H,10-12,14-20H2,1-9H3/t22-,24-,26-,27-,28+,30+,31-,32+/m1/s1. The van der Waals surface area contributed by atoms with E-state index in [0.717, 1.165) is 30.1 Å². The molecule has 0 amide bonds. The SMILES string of the molecule is CC(=O)O[C@H]1CC[C@@H]2C(=CC[C@@H]3[C@@]2(C)CC[C@]2(C)[C@@H]([C@H](C)CCCC(C)C)CC[C@@]32C)C1(C)C. The number of rotatable bonds is 6. The van der Waals surface area contributed by atoms with Gasteiger partial charge in [0, 0.05) is 12.3 Å². The molecule has 4 rings (SSSR count). The van der Waals surface area contributed by atoms with E-state index in [4.69, 9.17) is 4.74 Å². The molecule has 3 fully saturated rings. The molecule has 0 aromatic rings. The number of carbonyl (C=O) groups excluding carboxylic acids is 1. The van der Waals surface area contributed by atoms with Crippen LogP contribution in [0.5, 0.6) is 0 Å². The third-order valence-electron chi connectivity index (χ3n) is 12.3. The van der Waals surface area contributed by atoms with Crippen LogP contribution >= 0.6 is 0 Å². The van der Waals surface area contributed by atoms with Gasteiger partial charge in [-0.25, -0.2) is 0 Å². The van der Waals surface area contributed by atoms with Gasteiger partial charge in [-0.3, -0.25) is 4.79 Å². The third-order valence-corrected chi connectivity index (χ3v) is 12.3. The van der Waals surface area contributed by atoms with Crippen molar-refractivity contribution in [1.29, 1.82) is 0 Å². The maximum atomic E-state index is 11.8. The molecule has 194 valence electrons. The predicted octanol–water partition coefficient (Wildman–Crippen LogP) is 8.99. The molecule has 0 saturated heterocycles. The normalized spacial score (nSPS) is 44.0. The molecule has 4 aliphatic carbocycles. The minimum atomic E-state index is -0.127. The molecular formula is C32H54O2. The molecule has 0 unspecified atom stereocenters. The number of hydrogen-bond donors (Lipinski definition) is 0. The van der Waals surface area contributed by atoms with Crippen LogP contribution in [0, 0.1) is 51.2 Å². The molecule has 0 bridgehead atoms. The van der Waals surface area contributed by atoms with Crippen molar-refractivity contribution in [3.8, 4) is 0 Å². The third kappa shape index (κ3) is 3.92. The van der Waals surface area contributed by atoms with Crippen LogP contribution in [0.4, 0.5) is 0 Å². The fraction of sp³-hybridized carbons (Fsp3) is 0.906. The van der Waals surface area contributed by atoms with E-state index in [-0.39, 0.29) is 17.5 Å². The lowest BCUT2D eigenvalue weighted by molar-refractivity contribution is -0.162. The molecule has 8 atom stereocenters. The van der Waals surface area contributed by atoms with Crippen LogP contribution in [0.3, 0.4) is 0 Å². The van der Waals surface area contributed by atoms with Crippen LogP contribution in [0.2, 0.25) is 0 Å². The van der Waals surface area contributed by atoms with Crippen LogP contribution in [-0.4, -0.2) is 12.1 Å². The fourth-order valence-electron chi connectivity index (χ4n) is 10.1. The topological polar surface area (TPSA) is 26.3 Å². The first-order valence-corrected chi connectivity index (χ1v) is 14.6. The molecule has 2 nitrogen and oxygen atoms in total. The molecule has 3 saturated carbocycles. The molecule has 0 heterocycles. The second-order valence-electron chi connectivity index (χ2n) is 14.7. The van der Waals surface area contributed by atoms with Gasteiger partial charge in [0.25, 0.3) is 0 Å². The summed E-state index contributed by atoms with van der Waals surface area (Å²) in [4.78, 5) is 11.8. The summed E-state index contributed by atoms with van der Waals surface area (Å²) < 4.78 is 5.84. The van der Waals surface area contributed by atoms with Gasteiger partial charge in [0.2, 0.25) is 0 Å². The first kappa shape index (κ1) is 26.3. The Morgan fingerprint density at radius 3 is 2.32 bits per heavy atom. The Labute approximate surface area is 211 Å². The Morgan fingerprint density at radius 1 is 0.971 bits per heavy atom. The highest BCUT2D eigenvalue weighted by molar-refractivity contribution is 5.66. The number of allylic oxidation sites excluding steroid dienone is 1. The minimum Gasteiger partial charge on any atom is -0.462 e. The quantitative estimate of drug-likeness (QED) is 0.286. The maximum absolute atomic E-state index is 11.8. The summed E-state index contributed by atoms with van der Waals surface area (Å²) >= 11 is 0. The number of fused-ring (bicyclic) bond motifs is 5. The summed E-state index contributed by atoms with van der Waals surface area (Å²) in [6.45, 7) is 21.6. The van der Waals surface area contributed by atoms with Crippen molar-refractivity contribution in [3.05, 3.63) is 11.6 Å². The van der Waals surface area contributed by atoms with Gasteiger partial charge in [-0.05, 0) is 90.8 Å². The van der Waals surface area contributed by atoms with E-state index < -0.39 is 0 Å². The minimum absolute atomic E-state index is 0.0274. The van der Waals surface area contributed by atoms with Gasteiger partial charge < -0.3 is 4.74 Å². The van der Waals surface area contributed by atoms with E-state index in [1.54, 1.807) is 12.5 Å². The molecule has 4 aliphatic rings. The van der Waals surface area contributed by atoms with Gasteiger partial charge in [0.1, 0.15) is 6.10 Å². The summed E-state index contributed by atoms with van der Waals surface area (Å²) in [5, 5.41) is 0. The second-order valence-corrected chi connectivity index (χ2v) is 14.7. The Kier molecular flexibility index (Phi) is 6.92. The molecule has 0 spiro atoms. The number of ether oxygens (including phenoxy) is 1. The molecule has 0 aromatic heterocycles. The zero-order chi connectivity index (χ0) is 25.1. The summed E-state index contributed by atoms with van der Waals surface area (Å²) in [6.07, 6.45) is 15.9. The largest absolute Gasteiger partial charge is 0.462 e. The summed E-state index contributed by atoms with van der Waals surface area (Å²) in [5.41, 5.74) is 2.85. The van der Waals surface area contributed by atoms with Crippen molar-refractivity contribution in [1.82, 2.24) is 0 Å². The molecule has 0 aliphatic heterocycles. The predicted molar refractivity (Wildman–Crippen MR) is 142 cm³/mol. The summed E-state index contributed by atoms with van der Waals surface area (Å²) in [7, 11) is 0. The van der Waals surface area contributed by atoms with Crippen LogP contribution in [0.15, 0.2) is 11.6 Å². The van der Waals surface area contributed by atoms with Crippen molar-refractivity contribution < 1.29 is 9.53 Å². The van der Waals surface area contributed by atoms with Gasteiger partial charge in [-0.1, -0.05) is 86.3 Å². The van der Waals surface area contributed by atoms with E-state index in [1.807, 2.05) is 0 Å². The van der Waals surface area contributed by atoms with Gasteiger partial charge in [-0.15, -0.1) is 0 Å². The maximum Gasteiger partial charge on any atom is 0.302 e. The highest BCUT2D eigenvalue weighted by Crippen LogP contribution is 2.75. The average Bonchev–Trinajstić information content (AvgIpc) is 3.01. The Balaban J connectivity index is 1.59. The Hall–Kier alpha value is -0.790. The molecule has 34 heavy (non-hydrogen) atoms. The smallest absolute Gasteiger partial charge is 0.302 e. The number of hydrogen-bond acceptors (Lipinski definition) is 2. The van der Waals surface area contributed by atoms with Crippen molar-refractivity contribution in [2.75, 3.05) is 0 Å². The lowest BCUT2D eigenvalue weighted by Gasteiger charge is -2.66. The first-order chi connectivity index (χ1) is 15.8. The zero-order valence-electron chi connectivity index (χ0n) is 23.9. The molecule has 2 heteroatoms. The second kappa shape index (κ2) is 8.95. The van der Waals surface area contributed by atoms with E-state index in [1.165, 1.54) is 57.8 Å². The molecular weight excluding hydrogens is 416 g/mol. The van der Waals surface area contributed by atoms with Crippen molar-refractivity contribution >= 4 is 5.97 Å². The van der Waals surface area contributed by atoms with Crippen LogP contribution in [0.25, 0.3) is 0 Å². The average molecular weight is 471 g/mol. The van der Waals surface area contributed by atoms with E-state index in [0.29, 0.717) is 22.2 Å². The molecule has 0 radical (unpaired) electrons. The highest BCUT2D eigenvalue weighted by Gasteiger charge is 2.67. The summed E-state index contributed by atoms with van der Waals surface area (Å²) in [5.74, 6) is 3.87.